The van der Waals surface area contributed by atoms with Gasteiger partial charge in [0.15, 0.2) is 5.75 Å². The molecule has 0 fully saturated rings. The first-order valence-electron chi connectivity index (χ1n) is 6.19. The maximum Gasteiger partial charge on any atom is 0.337 e. The van der Waals surface area contributed by atoms with Gasteiger partial charge in [-0.1, -0.05) is 18.2 Å². The van der Waals surface area contributed by atoms with Crippen LogP contribution in [-0.4, -0.2) is 17.6 Å². The van der Waals surface area contributed by atoms with Crippen molar-refractivity contribution in [2.45, 2.75) is 13.3 Å². The molecule has 0 N–H and O–H groups in total. The first kappa shape index (κ1) is 11.7. The van der Waals surface area contributed by atoms with Crippen molar-refractivity contribution < 1.29 is 14.3 Å². The summed E-state index contributed by atoms with van der Waals surface area (Å²) in [5.74, 6) is 0.403. The smallest absolute Gasteiger partial charge is 0.337 e. The Balaban J connectivity index is 1.99. The number of ether oxygens (including phenoxy) is 2. The van der Waals surface area contributed by atoms with Gasteiger partial charge in [0.25, 0.3) is 0 Å². The van der Waals surface area contributed by atoms with Crippen molar-refractivity contribution >= 4 is 16.9 Å². The fourth-order valence-corrected chi connectivity index (χ4v) is 2.15. The number of hydrogen-bond acceptors (Lipinski definition) is 4. The van der Waals surface area contributed by atoms with E-state index in [0.717, 1.165) is 22.2 Å². The third kappa shape index (κ3) is 2.05. The molecule has 3 rings (SSSR count). The normalized spacial score (nSPS) is 13.4. The summed E-state index contributed by atoms with van der Waals surface area (Å²) in [7, 11) is 0. The summed E-state index contributed by atoms with van der Waals surface area (Å²) in [5, 5.41) is 1.02. The van der Waals surface area contributed by atoms with E-state index in [9.17, 15) is 4.79 Å². The minimum Gasteiger partial charge on any atom is -0.463 e. The molecule has 4 nitrogen and oxygen atoms in total. The predicted molar refractivity (Wildman–Crippen MR) is 70.8 cm³/mol. The molecule has 0 amide bonds. The van der Waals surface area contributed by atoms with Gasteiger partial charge >= 0.3 is 5.97 Å². The Hall–Kier alpha value is -2.36. The van der Waals surface area contributed by atoms with Crippen LogP contribution in [0.25, 0.3) is 10.9 Å². The van der Waals surface area contributed by atoms with Crippen LogP contribution in [0, 0.1) is 0 Å². The van der Waals surface area contributed by atoms with Gasteiger partial charge in [0, 0.05) is 23.6 Å². The van der Waals surface area contributed by atoms with E-state index in [-0.39, 0.29) is 5.97 Å². The molecule has 0 unspecified atom stereocenters. The number of benzene rings is 1. The van der Waals surface area contributed by atoms with E-state index in [1.54, 1.807) is 13.1 Å². The zero-order valence-electron chi connectivity index (χ0n) is 10.6. The first-order valence-corrected chi connectivity index (χ1v) is 6.19. The molecular weight excluding hydrogens is 242 g/mol. The Kier molecular flexibility index (Phi) is 2.91. The standard InChI is InChI=1S/C15H13NO3/c1-2-18-15(17)12-8-11-6-5-10-4-3-7-16-13(10)14(11)19-9-12/h3-7,9H,2,8H2,1H3. The van der Waals surface area contributed by atoms with Crippen molar-refractivity contribution in [3.05, 3.63) is 47.9 Å². The molecule has 0 spiro atoms. The SMILES string of the molecule is CCOC(=O)C1=COc2c(ccc3cccnc23)C1. The zero-order valence-corrected chi connectivity index (χ0v) is 10.6. The molecule has 1 aliphatic rings. The lowest BCUT2D eigenvalue weighted by atomic mass is 10.0. The van der Waals surface area contributed by atoms with Crippen LogP contribution >= 0.6 is 0 Å². The molecule has 1 aromatic carbocycles. The third-order valence-corrected chi connectivity index (χ3v) is 3.05. The second kappa shape index (κ2) is 4.72. The number of esters is 1. The second-order valence-corrected chi connectivity index (χ2v) is 4.29. The maximum absolute atomic E-state index is 11.7. The summed E-state index contributed by atoms with van der Waals surface area (Å²) in [6, 6.07) is 7.82. The molecule has 0 saturated carbocycles. The molecule has 0 atom stereocenters. The Morgan fingerprint density at radius 3 is 3.16 bits per heavy atom. The topological polar surface area (TPSA) is 48.4 Å². The lowest BCUT2D eigenvalue weighted by molar-refractivity contribution is -0.138. The van der Waals surface area contributed by atoms with Crippen molar-refractivity contribution in [2.75, 3.05) is 6.61 Å². The number of carbonyl (C=O) groups excluding carboxylic acids is 1. The Morgan fingerprint density at radius 2 is 2.32 bits per heavy atom. The van der Waals surface area contributed by atoms with E-state index >= 15 is 0 Å². The summed E-state index contributed by atoms with van der Waals surface area (Å²) >= 11 is 0. The Bertz CT molecular complexity index is 676. The molecule has 1 aromatic heterocycles. The monoisotopic (exact) mass is 255 g/mol. The number of hydrogen-bond donors (Lipinski definition) is 0. The summed E-state index contributed by atoms with van der Waals surface area (Å²) in [5.41, 5.74) is 2.31. The number of nitrogens with zero attached hydrogens (tertiary/aromatic N) is 1. The zero-order chi connectivity index (χ0) is 13.2. The van der Waals surface area contributed by atoms with Crippen LogP contribution < -0.4 is 4.74 Å². The van der Waals surface area contributed by atoms with Gasteiger partial charge in [0.2, 0.25) is 0 Å². The fourth-order valence-electron chi connectivity index (χ4n) is 2.15. The predicted octanol–water partition coefficient (Wildman–Crippen LogP) is 2.62. The highest BCUT2D eigenvalue weighted by molar-refractivity contribution is 5.91. The van der Waals surface area contributed by atoms with Crippen LogP contribution in [0.5, 0.6) is 5.75 Å². The van der Waals surface area contributed by atoms with E-state index in [4.69, 9.17) is 9.47 Å². The van der Waals surface area contributed by atoms with Gasteiger partial charge in [-0.15, -0.1) is 0 Å². The fraction of sp³-hybridized carbons (Fsp3) is 0.200. The van der Waals surface area contributed by atoms with E-state index in [1.165, 1.54) is 6.26 Å². The van der Waals surface area contributed by atoms with E-state index in [0.29, 0.717) is 18.6 Å². The summed E-state index contributed by atoms with van der Waals surface area (Å²) in [6.07, 6.45) is 3.71. The highest BCUT2D eigenvalue weighted by Gasteiger charge is 2.21. The van der Waals surface area contributed by atoms with Crippen molar-refractivity contribution in [3.8, 4) is 5.75 Å². The quantitative estimate of drug-likeness (QED) is 0.774. The van der Waals surface area contributed by atoms with Gasteiger partial charge in [0.05, 0.1) is 12.2 Å². The lowest BCUT2D eigenvalue weighted by Crippen LogP contribution is -2.14. The maximum atomic E-state index is 11.7. The van der Waals surface area contributed by atoms with Gasteiger partial charge in [-0.05, 0) is 13.0 Å². The molecule has 4 heteroatoms. The lowest BCUT2D eigenvalue weighted by Gasteiger charge is -2.17. The molecule has 2 heterocycles. The van der Waals surface area contributed by atoms with Gasteiger partial charge in [-0.2, -0.15) is 0 Å². The molecule has 0 bridgehead atoms. The number of carbonyl (C=O) groups is 1. The van der Waals surface area contributed by atoms with Gasteiger partial charge in [-0.3, -0.25) is 4.98 Å². The van der Waals surface area contributed by atoms with Crippen LogP contribution in [0.4, 0.5) is 0 Å². The van der Waals surface area contributed by atoms with Crippen LogP contribution in [-0.2, 0) is 16.0 Å². The highest BCUT2D eigenvalue weighted by Crippen LogP contribution is 2.33. The molecular formula is C15H13NO3. The number of rotatable bonds is 2. The minimum atomic E-state index is -0.325. The van der Waals surface area contributed by atoms with Crippen molar-refractivity contribution in [2.24, 2.45) is 0 Å². The molecule has 19 heavy (non-hydrogen) atoms. The molecule has 0 saturated heterocycles. The Labute approximate surface area is 110 Å². The van der Waals surface area contributed by atoms with Crippen molar-refractivity contribution in [1.82, 2.24) is 4.98 Å². The molecule has 2 aromatic rings. The number of pyridine rings is 1. The largest absolute Gasteiger partial charge is 0.463 e. The van der Waals surface area contributed by atoms with Crippen molar-refractivity contribution in [3.63, 3.8) is 0 Å². The molecule has 1 aliphatic heterocycles. The average molecular weight is 255 g/mol. The van der Waals surface area contributed by atoms with E-state index < -0.39 is 0 Å². The van der Waals surface area contributed by atoms with Gasteiger partial charge in [0.1, 0.15) is 11.8 Å². The molecule has 0 aliphatic carbocycles. The molecule has 96 valence electrons. The van der Waals surface area contributed by atoms with Gasteiger partial charge < -0.3 is 9.47 Å². The van der Waals surface area contributed by atoms with Crippen LogP contribution in [0.15, 0.2) is 42.3 Å². The number of aromatic nitrogens is 1. The van der Waals surface area contributed by atoms with Crippen LogP contribution in [0.1, 0.15) is 12.5 Å². The second-order valence-electron chi connectivity index (χ2n) is 4.29. The Morgan fingerprint density at radius 1 is 1.42 bits per heavy atom. The van der Waals surface area contributed by atoms with Crippen LogP contribution in [0.3, 0.4) is 0 Å². The van der Waals surface area contributed by atoms with E-state index in [1.807, 2.05) is 24.3 Å². The molecule has 0 radical (unpaired) electrons. The highest BCUT2D eigenvalue weighted by atomic mass is 16.5. The number of fused-ring (bicyclic) bond motifs is 3. The third-order valence-electron chi connectivity index (χ3n) is 3.05. The summed E-state index contributed by atoms with van der Waals surface area (Å²) in [4.78, 5) is 16.0. The van der Waals surface area contributed by atoms with Crippen LogP contribution in [0.2, 0.25) is 0 Å². The average Bonchev–Trinajstić information content (AvgIpc) is 2.46. The minimum absolute atomic E-state index is 0.325. The summed E-state index contributed by atoms with van der Waals surface area (Å²) in [6.45, 7) is 2.15. The summed E-state index contributed by atoms with van der Waals surface area (Å²) < 4.78 is 10.6. The van der Waals surface area contributed by atoms with E-state index in [2.05, 4.69) is 4.98 Å². The van der Waals surface area contributed by atoms with Gasteiger partial charge in [-0.25, -0.2) is 4.79 Å². The van der Waals surface area contributed by atoms with Crippen molar-refractivity contribution in [1.29, 1.82) is 0 Å². The first-order chi connectivity index (χ1) is 9.29.